The van der Waals surface area contributed by atoms with Crippen molar-refractivity contribution in [2.45, 2.75) is 13.8 Å². The fourth-order valence-corrected chi connectivity index (χ4v) is 2.79. The Morgan fingerprint density at radius 2 is 1.79 bits per heavy atom. The zero-order valence-electron chi connectivity index (χ0n) is 15.3. The molecule has 3 rings (SSSR count). The molecule has 1 amide bonds. The van der Waals surface area contributed by atoms with Crippen LogP contribution in [-0.4, -0.2) is 21.0 Å². The predicted molar refractivity (Wildman–Crippen MR) is 110 cm³/mol. The maximum Gasteiger partial charge on any atom is 0.271 e. The average Bonchev–Trinajstić information content (AvgIpc) is 3.12. The summed E-state index contributed by atoms with van der Waals surface area (Å²) in [5, 5.41) is 32.8. The number of carbonyl (C=O) groups excluding carboxylic acids is 1. The van der Waals surface area contributed by atoms with Crippen LogP contribution in [0.4, 0.5) is 11.4 Å². The molecule has 0 radical (unpaired) electrons. The molecule has 1 aromatic heterocycles. The third kappa shape index (κ3) is 4.98. The number of aromatic hydroxyl groups is 2. The quantitative estimate of drug-likeness (QED) is 0.346. The second-order valence-corrected chi connectivity index (χ2v) is 6.21. The summed E-state index contributed by atoms with van der Waals surface area (Å²) in [6, 6.07) is 7.29. The number of furan rings is 1. The van der Waals surface area contributed by atoms with Crippen LogP contribution in [0.1, 0.15) is 24.2 Å². The average molecular weight is 439 g/mol. The molecule has 8 nitrogen and oxygen atoms in total. The maximum absolute atomic E-state index is 12.4. The van der Waals surface area contributed by atoms with E-state index in [1.807, 2.05) is 13.8 Å². The van der Waals surface area contributed by atoms with Crippen LogP contribution in [0, 0.1) is 10.1 Å². The highest BCUT2D eigenvalue weighted by molar-refractivity contribution is 6.35. The number of non-ortho nitro benzene ring substituents is 1. The normalized spacial score (nSPS) is 10.1. The Bertz CT molecular complexity index is 1060. The smallest absolute Gasteiger partial charge is 0.271 e. The first-order chi connectivity index (χ1) is 13.8. The van der Waals surface area contributed by atoms with E-state index in [1.54, 1.807) is 0 Å². The van der Waals surface area contributed by atoms with Gasteiger partial charge in [-0.05, 0) is 18.2 Å². The molecular weight excluding hydrogens is 423 g/mol. The Labute approximate surface area is 175 Å². The molecule has 152 valence electrons. The molecule has 0 aliphatic heterocycles. The number of hydrogen-bond donors (Lipinski definition) is 3. The topological polar surface area (TPSA) is 126 Å². The van der Waals surface area contributed by atoms with Crippen molar-refractivity contribution in [2.24, 2.45) is 0 Å². The molecule has 0 unspecified atom stereocenters. The van der Waals surface area contributed by atoms with E-state index in [0.717, 1.165) is 12.3 Å². The van der Waals surface area contributed by atoms with E-state index >= 15 is 0 Å². The minimum absolute atomic E-state index is 0.0363. The number of amides is 1. The number of halogens is 2. The van der Waals surface area contributed by atoms with Crippen LogP contribution < -0.4 is 5.32 Å². The van der Waals surface area contributed by atoms with Gasteiger partial charge in [0.1, 0.15) is 17.8 Å². The fraction of sp³-hybridized carbons (Fsp3) is 0.105. The number of carbonyl (C=O) groups is 1. The number of rotatable bonds is 4. The number of phenolic OH excluding ortho intramolecular Hbond substituents is 1. The van der Waals surface area contributed by atoms with E-state index in [9.17, 15) is 25.1 Å². The maximum atomic E-state index is 12.4. The fourth-order valence-electron chi connectivity index (χ4n) is 2.31. The van der Waals surface area contributed by atoms with Crippen LogP contribution in [0.15, 0.2) is 47.1 Å². The monoisotopic (exact) mass is 438 g/mol. The minimum Gasteiger partial charge on any atom is -0.507 e. The van der Waals surface area contributed by atoms with Crippen molar-refractivity contribution in [3.8, 4) is 22.8 Å². The highest BCUT2D eigenvalue weighted by Gasteiger charge is 2.19. The molecule has 0 aliphatic rings. The molecule has 2 aromatic carbocycles. The van der Waals surface area contributed by atoms with Crippen molar-refractivity contribution in [3.63, 3.8) is 0 Å². The number of nitro groups is 1. The van der Waals surface area contributed by atoms with Crippen LogP contribution in [0.25, 0.3) is 11.3 Å². The molecule has 0 atom stereocenters. The van der Waals surface area contributed by atoms with Gasteiger partial charge in [-0.2, -0.15) is 0 Å². The van der Waals surface area contributed by atoms with Crippen molar-refractivity contribution in [1.82, 2.24) is 0 Å². The van der Waals surface area contributed by atoms with Crippen LogP contribution in [0.3, 0.4) is 0 Å². The summed E-state index contributed by atoms with van der Waals surface area (Å²) in [6.07, 6.45) is 1.10. The number of nitro benzene ring substituents is 1. The summed E-state index contributed by atoms with van der Waals surface area (Å²) in [6.45, 7) is 4.00. The van der Waals surface area contributed by atoms with Gasteiger partial charge in [-0.3, -0.25) is 14.9 Å². The highest BCUT2D eigenvalue weighted by atomic mass is 35.5. The Kier molecular flexibility index (Phi) is 7.08. The Morgan fingerprint density at radius 1 is 1.10 bits per heavy atom. The van der Waals surface area contributed by atoms with E-state index < -0.39 is 10.8 Å². The Hall–Kier alpha value is -3.23. The lowest BCUT2D eigenvalue weighted by molar-refractivity contribution is -0.384. The third-order valence-corrected chi connectivity index (χ3v) is 4.22. The first-order valence-electron chi connectivity index (χ1n) is 8.32. The van der Waals surface area contributed by atoms with Crippen molar-refractivity contribution in [2.75, 3.05) is 5.32 Å². The molecule has 3 N–H and O–H groups in total. The predicted octanol–water partition coefficient (Wildman–Crippen LogP) is 5.85. The summed E-state index contributed by atoms with van der Waals surface area (Å²) in [5.74, 6) is -1.02. The van der Waals surface area contributed by atoms with Gasteiger partial charge >= 0.3 is 0 Å². The zero-order valence-corrected chi connectivity index (χ0v) is 16.8. The summed E-state index contributed by atoms with van der Waals surface area (Å²) >= 11 is 12.1. The first kappa shape index (κ1) is 22.1. The largest absolute Gasteiger partial charge is 0.507 e. The summed E-state index contributed by atoms with van der Waals surface area (Å²) in [7, 11) is 0. The van der Waals surface area contributed by atoms with Crippen molar-refractivity contribution in [1.29, 1.82) is 0 Å². The zero-order chi connectivity index (χ0) is 21.7. The number of hydrogen-bond acceptors (Lipinski definition) is 6. The van der Waals surface area contributed by atoms with Gasteiger partial charge < -0.3 is 19.9 Å². The number of nitrogens with zero attached hydrogens (tertiary/aromatic N) is 1. The van der Waals surface area contributed by atoms with Gasteiger partial charge in [0.15, 0.2) is 5.75 Å². The van der Waals surface area contributed by atoms with Crippen LogP contribution in [0.5, 0.6) is 11.5 Å². The first-order valence-corrected chi connectivity index (χ1v) is 9.07. The van der Waals surface area contributed by atoms with E-state index in [2.05, 4.69) is 5.32 Å². The van der Waals surface area contributed by atoms with E-state index in [1.165, 1.54) is 30.3 Å². The molecule has 3 aromatic rings. The number of nitrogens with one attached hydrogen (secondary N) is 1. The van der Waals surface area contributed by atoms with Gasteiger partial charge in [0, 0.05) is 23.8 Å². The molecule has 0 saturated heterocycles. The number of phenols is 1. The van der Waals surface area contributed by atoms with Crippen LogP contribution >= 0.6 is 23.2 Å². The third-order valence-electron chi connectivity index (χ3n) is 3.59. The van der Waals surface area contributed by atoms with Gasteiger partial charge in [-0.25, -0.2) is 0 Å². The van der Waals surface area contributed by atoms with Crippen LogP contribution in [-0.2, 0) is 0 Å². The lowest BCUT2D eigenvalue weighted by atomic mass is 10.1. The van der Waals surface area contributed by atoms with E-state index in [4.69, 9.17) is 27.6 Å². The molecule has 10 heteroatoms. The second-order valence-electron chi connectivity index (χ2n) is 5.39. The van der Waals surface area contributed by atoms with Gasteiger partial charge in [0.2, 0.25) is 0 Å². The van der Waals surface area contributed by atoms with Crippen molar-refractivity contribution < 1.29 is 24.3 Å². The van der Waals surface area contributed by atoms with E-state index in [-0.39, 0.29) is 49.8 Å². The second kappa shape index (κ2) is 9.31. The number of benzene rings is 2. The molecule has 0 spiro atoms. The Balaban J connectivity index is 0.00000145. The summed E-state index contributed by atoms with van der Waals surface area (Å²) in [5.41, 5.74) is 0.0334. The Morgan fingerprint density at radius 3 is 2.34 bits per heavy atom. The molecule has 0 saturated carbocycles. The van der Waals surface area contributed by atoms with Gasteiger partial charge in [-0.1, -0.05) is 37.0 Å². The standard InChI is InChI=1S/C17H10Cl2N2O6.C2H6/c18-12-5-11(15(23)6-10(12)16-4-9(22)7-27-16)17(24)20-14-2-1-8(21(25)26)3-13(14)19;1-2/h1-7,22-23H,(H,20,24);1-2H3. The summed E-state index contributed by atoms with van der Waals surface area (Å²) < 4.78 is 5.11. The van der Waals surface area contributed by atoms with Crippen molar-refractivity contribution >= 4 is 40.5 Å². The van der Waals surface area contributed by atoms with Gasteiger partial charge in [0.25, 0.3) is 11.6 Å². The van der Waals surface area contributed by atoms with Gasteiger partial charge in [0.05, 0.1) is 26.2 Å². The number of anilines is 1. The lowest BCUT2D eigenvalue weighted by Crippen LogP contribution is -2.12. The molecular formula is C19H16Cl2N2O6. The molecule has 1 heterocycles. The molecule has 0 aliphatic carbocycles. The summed E-state index contributed by atoms with van der Waals surface area (Å²) in [4.78, 5) is 22.5. The highest BCUT2D eigenvalue weighted by Crippen LogP contribution is 2.36. The lowest BCUT2D eigenvalue weighted by Gasteiger charge is -2.10. The SMILES string of the molecule is CC.O=C(Nc1ccc([N+](=O)[O-])cc1Cl)c1cc(Cl)c(-c2cc(O)co2)cc1O. The molecule has 0 bridgehead atoms. The molecule has 0 fully saturated rings. The van der Waals surface area contributed by atoms with E-state index in [0.29, 0.717) is 0 Å². The van der Waals surface area contributed by atoms with Crippen LogP contribution in [0.2, 0.25) is 10.0 Å². The molecule has 29 heavy (non-hydrogen) atoms. The van der Waals surface area contributed by atoms with Crippen molar-refractivity contribution in [3.05, 3.63) is 68.4 Å². The minimum atomic E-state index is -0.723. The van der Waals surface area contributed by atoms with Gasteiger partial charge in [-0.15, -0.1) is 0 Å².